The molecule has 6 nitrogen and oxygen atoms in total. The molecule has 0 saturated carbocycles. The first kappa shape index (κ1) is 24.9. The minimum absolute atomic E-state index is 0.0931. The van der Waals surface area contributed by atoms with E-state index in [0.29, 0.717) is 42.7 Å². The zero-order chi connectivity index (χ0) is 24.0. The fourth-order valence-electron chi connectivity index (χ4n) is 3.75. The van der Waals surface area contributed by atoms with Crippen LogP contribution in [-0.2, 0) is 17.3 Å². The molecule has 0 spiro atoms. The van der Waals surface area contributed by atoms with Crippen LogP contribution >= 0.6 is 12.2 Å². The smallest absolute Gasteiger partial charge is 0.416 e. The molecule has 0 saturated heterocycles. The third-order valence-electron chi connectivity index (χ3n) is 5.42. The molecule has 1 unspecified atom stereocenters. The van der Waals surface area contributed by atoms with Gasteiger partial charge in [0.25, 0.3) is 0 Å². The molecule has 1 atom stereocenters. The first-order valence-corrected chi connectivity index (χ1v) is 10.8. The molecule has 0 aliphatic carbocycles. The lowest BCUT2D eigenvalue weighted by molar-refractivity contribution is -0.137. The van der Waals surface area contributed by atoms with Gasteiger partial charge in [-0.05, 0) is 60.1 Å². The van der Waals surface area contributed by atoms with Gasteiger partial charge in [0, 0.05) is 20.2 Å². The highest BCUT2D eigenvalue weighted by molar-refractivity contribution is 7.80. The van der Waals surface area contributed by atoms with E-state index in [9.17, 15) is 13.2 Å². The number of nitrogens with zero attached hydrogens (tertiary/aromatic N) is 1. The normalized spacial score (nSPS) is 15.6. The predicted octanol–water partition coefficient (Wildman–Crippen LogP) is 4.22. The summed E-state index contributed by atoms with van der Waals surface area (Å²) in [5.74, 6) is 1.30. The second-order valence-corrected chi connectivity index (χ2v) is 7.81. The molecule has 0 radical (unpaired) electrons. The average Bonchev–Trinajstić information content (AvgIpc) is 2.81. The Morgan fingerprint density at radius 3 is 2.52 bits per heavy atom. The zero-order valence-electron chi connectivity index (χ0n) is 18.7. The van der Waals surface area contributed by atoms with Crippen LogP contribution in [-0.4, -0.2) is 57.6 Å². The quantitative estimate of drug-likeness (QED) is 0.445. The Morgan fingerprint density at radius 2 is 1.85 bits per heavy atom. The Labute approximate surface area is 196 Å². The monoisotopic (exact) mass is 484 g/mol. The van der Waals surface area contributed by atoms with E-state index in [1.54, 1.807) is 21.3 Å². The topological polar surface area (TPSA) is 52.2 Å². The van der Waals surface area contributed by atoms with Crippen molar-refractivity contribution in [1.29, 1.82) is 0 Å². The van der Waals surface area contributed by atoms with E-state index in [4.69, 9.17) is 31.2 Å². The Kier molecular flexibility index (Phi) is 8.25. The van der Waals surface area contributed by atoms with Crippen LogP contribution in [0.25, 0.3) is 0 Å². The highest BCUT2D eigenvalue weighted by Gasteiger charge is 2.33. The largest absolute Gasteiger partial charge is 0.493 e. The number of nitrogens with one attached hydrogen (secondary N) is 1. The number of fused-ring (bicyclic) bond motifs is 1. The van der Waals surface area contributed by atoms with E-state index < -0.39 is 11.7 Å². The first-order valence-electron chi connectivity index (χ1n) is 10.4. The summed E-state index contributed by atoms with van der Waals surface area (Å²) < 4.78 is 61.1. The number of methoxy groups -OCH3 is 3. The molecule has 0 fully saturated rings. The van der Waals surface area contributed by atoms with E-state index >= 15 is 0 Å². The van der Waals surface area contributed by atoms with Crippen LogP contribution in [0.4, 0.5) is 13.2 Å². The van der Waals surface area contributed by atoms with E-state index in [0.717, 1.165) is 23.3 Å². The summed E-state index contributed by atoms with van der Waals surface area (Å²) >= 11 is 5.60. The molecule has 2 aromatic rings. The Hall–Kier alpha value is -2.72. The molecular formula is C23H27F3N2O4S. The van der Waals surface area contributed by atoms with Crippen molar-refractivity contribution in [2.45, 2.75) is 18.6 Å². The van der Waals surface area contributed by atoms with Crippen LogP contribution in [0.3, 0.4) is 0 Å². The fourth-order valence-corrected chi connectivity index (χ4v) is 4.07. The lowest BCUT2D eigenvalue weighted by Crippen LogP contribution is -2.47. The predicted molar refractivity (Wildman–Crippen MR) is 122 cm³/mol. The lowest BCUT2D eigenvalue weighted by atomic mass is 9.92. The minimum Gasteiger partial charge on any atom is -0.493 e. The molecule has 0 bridgehead atoms. The SMILES string of the molecule is COCCNC(=S)N1CCc2cc(OC)c(OC)cc2C1COc1cccc(C(F)(F)F)c1. The second-order valence-electron chi connectivity index (χ2n) is 7.43. The van der Waals surface area contributed by atoms with Crippen molar-refractivity contribution >= 4 is 17.3 Å². The molecule has 33 heavy (non-hydrogen) atoms. The number of thiocarbonyl (C=S) groups is 1. The molecule has 1 aliphatic heterocycles. The van der Waals surface area contributed by atoms with E-state index in [2.05, 4.69) is 5.32 Å². The van der Waals surface area contributed by atoms with Crippen molar-refractivity contribution in [1.82, 2.24) is 10.2 Å². The minimum atomic E-state index is -4.44. The van der Waals surface area contributed by atoms with E-state index in [1.165, 1.54) is 12.1 Å². The Morgan fingerprint density at radius 1 is 1.12 bits per heavy atom. The molecule has 180 valence electrons. The molecule has 3 rings (SSSR count). The lowest BCUT2D eigenvalue weighted by Gasteiger charge is -2.39. The number of hydrogen-bond donors (Lipinski definition) is 1. The van der Waals surface area contributed by atoms with Gasteiger partial charge >= 0.3 is 6.18 Å². The van der Waals surface area contributed by atoms with Crippen LogP contribution in [0, 0.1) is 0 Å². The van der Waals surface area contributed by atoms with Crippen LogP contribution < -0.4 is 19.5 Å². The van der Waals surface area contributed by atoms with Crippen LogP contribution in [0.5, 0.6) is 17.2 Å². The molecule has 0 aromatic heterocycles. The Balaban J connectivity index is 1.90. The van der Waals surface area contributed by atoms with E-state index in [-0.39, 0.29) is 18.4 Å². The number of alkyl halides is 3. The zero-order valence-corrected chi connectivity index (χ0v) is 19.5. The number of rotatable bonds is 8. The van der Waals surface area contributed by atoms with Gasteiger partial charge in [0.1, 0.15) is 12.4 Å². The molecule has 1 N–H and O–H groups in total. The van der Waals surface area contributed by atoms with Gasteiger partial charge in [-0.25, -0.2) is 0 Å². The molecular weight excluding hydrogens is 457 g/mol. The number of benzene rings is 2. The van der Waals surface area contributed by atoms with Crippen molar-refractivity contribution < 1.29 is 32.1 Å². The third-order valence-corrected chi connectivity index (χ3v) is 5.79. The molecule has 1 heterocycles. The van der Waals surface area contributed by atoms with Gasteiger partial charge < -0.3 is 29.2 Å². The molecule has 10 heteroatoms. The van der Waals surface area contributed by atoms with Crippen LogP contribution in [0.2, 0.25) is 0 Å². The highest BCUT2D eigenvalue weighted by Crippen LogP contribution is 2.39. The maximum absolute atomic E-state index is 13.1. The van der Waals surface area contributed by atoms with Crippen LogP contribution in [0.1, 0.15) is 22.7 Å². The summed E-state index contributed by atoms with van der Waals surface area (Å²) in [7, 11) is 4.73. The molecule has 1 aliphatic rings. The van der Waals surface area contributed by atoms with Gasteiger partial charge in [-0.2, -0.15) is 13.2 Å². The maximum Gasteiger partial charge on any atom is 0.416 e. The summed E-state index contributed by atoms with van der Waals surface area (Å²) in [6.07, 6.45) is -3.73. The first-order chi connectivity index (χ1) is 15.8. The number of hydrogen-bond acceptors (Lipinski definition) is 5. The van der Waals surface area contributed by atoms with Crippen molar-refractivity contribution in [3.05, 3.63) is 53.1 Å². The summed E-state index contributed by atoms with van der Waals surface area (Å²) in [6.45, 7) is 1.72. The second kappa shape index (κ2) is 10.9. The third kappa shape index (κ3) is 6.00. The van der Waals surface area contributed by atoms with E-state index in [1.807, 2.05) is 17.0 Å². The fraction of sp³-hybridized carbons (Fsp3) is 0.435. The van der Waals surface area contributed by atoms with Gasteiger partial charge in [-0.3, -0.25) is 0 Å². The van der Waals surface area contributed by atoms with Crippen molar-refractivity contribution in [2.24, 2.45) is 0 Å². The highest BCUT2D eigenvalue weighted by atomic mass is 32.1. The number of halogens is 3. The van der Waals surface area contributed by atoms with Crippen molar-refractivity contribution in [3.63, 3.8) is 0 Å². The van der Waals surface area contributed by atoms with Gasteiger partial charge in [0.05, 0.1) is 32.4 Å². The summed E-state index contributed by atoms with van der Waals surface area (Å²) in [6, 6.07) is 8.30. The molecule has 2 aromatic carbocycles. The average molecular weight is 485 g/mol. The maximum atomic E-state index is 13.1. The summed E-state index contributed by atoms with van der Waals surface area (Å²) in [4.78, 5) is 1.98. The van der Waals surface area contributed by atoms with Crippen molar-refractivity contribution in [3.8, 4) is 17.2 Å². The van der Waals surface area contributed by atoms with Crippen LogP contribution in [0.15, 0.2) is 36.4 Å². The van der Waals surface area contributed by atoms with Gasteiger partial charge in [-0.15, -0.1) is 0 Å². The standard InChI is InChI=1S/C23H27F3N2O4S/c1-29-10-8-27-22(33)28-9-7-15-11-20(30-2)21(31-3)13-18(15)19(28)14-32-17-6-4-5-16(12-17)23(24,25)26/h4-6,11-13,19H,7-10,14H2,1-3H3,(H,27,33). The Bertz CT molecular complexity index is 971. The van der Waals surface area contributed by atoms with Gasteiger partial charge in [0.2, 0.25) is 0 Å². The number of ether oxygens (including phenoxy) is 4. The van der Waals surface area contributed by atoms with Gasteiger partial charge in [-0.1, -0.05) is 6.07 Å². The summed E-state index contributed by atoms with van der Waals surface area (Å²) in [5.41, 5.74) is 1.20. The van der Waals surface area contributed by atoms with Gasteiger partial charge in [0.15, 0.2) is 16.6 Å². The van der Waals surface area contributed by atoms with Crippen molar-refractivity contribution in [2.75, 3.05) is 47.6 Å². The molecule has 0 amide bonds. The summed E-state index contributed by atoms with van der Waals surface area (Å²) in [5, 5.41) is 3.68.